The third kappa shape index (κ3) is 0.765. The van der Waals surface area contributed by atoms with E-state index < -0.39 is 0 Å². The molecule has 0 nitrogen and oxygen atoms in total. The minimum Gasteiger partial charge on any atom is -0.0586 e. The molecule has 0 aromatic rings. The van der Waals surface area contributed by atoms with Gasteiger partial charge in [-0.1, -0.05) is 6.92 Å². The second-order valence-electron chi connectivity index (χ2n) is 3.29. The second kappa shape index (κ2) is 1.49. The van der Waals surface area contributed by atoms with Crippen LogP contribution in [0.4, 0.5) is 0 Å². The van der Waals surface area contributed by atoms with Gasteiger partial charge in [0.05, 0.1) is 0 Å². The molecular formula is C8H13. The molecular weight excluding hydrogens is 96.1 g/mol. The second-order valence-corrected chi connectivity index (χ2v) is 3.29. The van der Waals surface area contributed by atoms with E-state index in [1.165, 1.54) is 25.7 Å². The molecule has 0 spiro atoms. The molecule has 2 saturated carbocycles. The molecule has 0 amide bonds. The van der Waals surface area contributed by atoms with Crippen LogP contribution in [0.5, 0.6) is 0 Å². The van der Waals surface area contributed by atoms with Crippen molar-refractivity contribution in [3.63, 3.8) is 0 Å². The van der Waals surface area contributed by atoms with Crippen molar-refractivity contribution >= 4 is 0 Å². The monoisotopic (exact) mass is 109 g/mol. The average Bonchev–Trinajstić information content (AvgIpc) is 2.63. The lowest BCUT2D eigenvalue weighted by atomic mass is 10.0. The Hall–Kier alpha value is 0. The fourth-order valence-corrected chi connectivity index (χ4v) is 1.41. The van der Waals surface area contributed by atoms with Crippen molar-refractivity contribution in [2.45, 2.75) is 32.6 Å². The predicted octanol–water partition coefficient (Wildman–Crippen LogP) is 2.40. The van der Waals surface area contributed by atoms with E-state index in [-0.39, 0.29) is 0 Å². The van der Waals surface area contributed by atoms with Gasteiger partial charge < -0.3 is 0 Å². The zero-order valence-corrected chi connectivity index (χ0v) is 5.48. The van der Waals surface area contributed by atoms with Crippen molar-refractivity contribution in [2.24, 2.45) is 11.8 Å². The SMILES string of the molecule is C[C](C1CC1)C1CC1. The molecule has 2 rings (SSSR count). The summed E-state index contributed by atoms with van der Waals surface area (Å²) in [6.45, 7) is 2.36. The van der Waals surface area contributed by atoms with Gasteiger partial charge in [-0.2, -0.15) is 0 Å². The third-order valence-corrected chi connectivity index (χ3v) is 2.44. The Morgan fingerprint density at radius 1 is 1.00 bits per heavy atom. The van der Waals surface area contributed by atoms with Gasteiger partial charge in [-0.05, 0) is 43.4 Å². The lowest BCUT2D eigenvalue weighted by molar-refractivity contribution is 0.708. The molecule has 2 fully saturated rings. The van der Waals surface area contributed by atoms with Crippen LogP contribution in [0.15, 0.2) is 0 Å². The van der Waals surface area contributed by atoms with Crippen molar-refractivity contribution in [1.29, 1.82) is 0 Å². The summed E-state index contributed by atoms with van der Waals surface area (Å²) >= 11 is 0. The largest absolute Gasteiger partial charge is 0.0586 e. The summed E-state index contributed by atoms with van der Waals surface area (Å²) in [6.07, 6.45) is 6.01. The maximum atomic E-state index is 2.36. The summed E-state index contributed by atoms with van der Waals surface area (Å²) in [5, 5.41) is 0. The Labute approximate surface area is 51.3 Å². The van der Waals surface area contributed by atoms with Crippen molar-refractivity contribution < 1.29 is 0 Å². The quantitative estimate of drug-likeness (QED) is 0.510. The lowest BCUT2D eigenvalue weighted by Gasteiger charge is -2.03. The molecule has 2 aliphatic carbocycles. The highest BCUT2D eigenvalue weighted by atomic mass is 14.4. The van der Waals surface area contributed by atoms with Crippen LogP contribution in [0.3, 0.4) is 0 Å². The van der Waals surface area contributed by atoms with Gasteiger partial charge in [0.1, 0.15) is 0 Å². The smallest absolute Gasteiger partial charge is 0.0210 e. The van der Waals surface area contributed by atoms with E-state index in [1.807, 2.05) is 5.92 Å². The van der Waals surface area contributed by atoms with Crippen LogP contribution in [0.1, 0.15) is 32.6 Å². The molecule has 0 heterocycles. The topological polar surface area (TPSA) is 0 Å². The summed E-state index contributed by atoms with van der Waals surface area (Å²) < 4.78 is 0. The molecule has 0 bridgehead atoms. The first kappa shape index (κ1) is 4.84. The molecule has 0 unspecified atom stereocenters. The van der Waals surface area contributed by atoms with Gasteiger partial charge in [0, 0.05) is 0 Å². The van der Waals surface area contributed by atoms with Crippen LogP contribution in [-0.4, -0.2) is 0 Å². The van der Waals surface area contributed by atoms with Gasteiger partial charge in [0.2, 0.25) is 0 Å². The number of hydrogen-bond acceptors (Lipinski definition) is 0. The molecule has 0 aromatic carbocycles. The van der Waals surface area contributed by atoms with Gasteiger partial charge in [0.25, 0.3) is 0 Å². The first-order valence-corrected chi connectivity index (χ1v) is 3.71. The van der Waals surface area contributed by atoms with Crippen LogP contribution in [-0.2, 0) is 0 Å². The number of hydrogen-bond donors (Lipinski definition) is 0. The fraction of sp³-hybridized carbons (Fsp3) is 0.875. The Kier molecular flexibility index (Phi) is 0.902. The van der Waals surface area contributed by atoms with Crippen LogP contribution < -0.4 is 0 Å². The Balaban J connectivity index is 1.84. The first-order chi connectivity index (χ1) is 3.88. The van der Waals surface area contributed by atoms with E-state index in [2.05, 4.69) is 6.92 Å². The van der Waals surface area contributed by atoms with Crippen LogP contribution in [0.2, 0.25) is 0 Å². The summed E-state index contributed by atoms with van der Waals surface area (Å²) in [6, 6.07) is 0. The van der Waals surface area contributed by atoms with Crippen molar-refractivity contribution in [1.82, 2.24) is 0 Å². The normalized spacial score (nSPS) is 29.2. The minimum absolute atomic E-state index is 1.07. The molecule has 0 aliphatic heterocycles. The molecule has 1 radical (unpaired) electrons. The maximum Gasteiger partial charge on any atom is -0.0210 e. The maximum absolute atomic E-state index is 2.36. The standard InChI is InChI=1S/C8H13/c1-6(7-2-3-7)8-4-5-8/h7-8H,2-5H2,1H3. The zero-order chi connectivity index (χ0) is 5.56. The minimum atomic E-state index is 1.07. The highest BCUT2D eigenvalue weighted by molar-refractivity contribution is 5.08. The van der Waals surface area contributed by atoms with Gasteiger partial charge in [-0.15, -0.1) is 0 Å². The van der Waals surface area contributed by atoms with E-state index in [0.717, 1.165) is 11.8 Å². The Bertz CT molecular complexity index is 76.2. The van der Waals surface area contributed by atoms with E-state index in [1.54, 1.807) is 0 Å². The average molecular weight is 109 g/mol. The van der Waals surface area contributed by atoms with Gasteiger partial charge in [-0.25, -0.2) is 0 Å². The number of rotatable bonds is 2. The molecule has 2 aliphatic rings. The van der Waals surface area contributed by atoms with Gasteiger partial charge in [-0.3, -0.25) is 0 Å². The molecule has 0 saturated heterocycles. The highest BCUT2D eigenvalue weighted by Crippen LogP contribution is 2.50. The predicted molar refractivity (Wildman–Crippen MR) is 34.4 cm³/mol. The van der Waals surface area contributed by atoms with Crippen molar-refractivity contribution in [3.8, 4) is 0 Å². The van der Waals surface area contributed by atoms with Crippen LogP contribution >= 0.6 is 0 Å². The summed E-state index contributed by atoms with van der Waals surface area (Å²) in [5.41, 5.74) is 0. The van der Waals surface area contributed by atoms with E-state index in [0.29, 0.717) is 0 Å². The molecule has 0 N–H and O–H groups in total. The third-order valence-electron chi connectivity index (χ3n) is 2.44. The molecule has 45 valence electrons. The molecule has 0 heteroatoms. The van der Waals surface area contributed by atoms with Crippen molar-refractivity contribution in [3.05, 3.63) is 5.92 Å². The molecule has 0 atom stereocenters. The Morgan fingerprint density at radius 3 is 1.62 bits per heavy atom. The van der Waals surface area contributed by atoms with Crippen LogP contribution in [0.25, 0.3) is 0 Å². The van der Waals surface area contributed by atoms with Crippen molar-refractivity contribution in [2.75, 3.05) is 0 Å². The lowest BCUT2D eigenvalue weighted by Crippen LogP contribution is -1.94. The summed E-state index contributed by atoms with van der Waals surface area (Å²) in [7, 11) is 0. The van der Waals surface area contributed by atoms with Gasteiger partial charge >= 0.3 is 0 Å². The molecule has 0 aromatic heterocycles. The van der Waals surface area contributed by atoms with Gasteiger partial charge in [0.15, 0.2) is 0 Å². The van der Waals surface area contributed by atoms with E-state index >= 15 is 0 Å². The van der Waals surface area contributed by atoms with Crippen LogP contribution in [0, 0.1) is 17.8 Å². The summed E-state index contributed by atoms with van der Waals surface area (Å²) in [4.78, 5) is 0. The first-order valence-electron chi connectivity index (χ1n) is 3.71. The Morgan fingerprint density at radius 2 is 1.38 bits per heavy atom. The highest BCUT2D eigenvalue weighted by Gasteiger charge is 2.38. The fourth-order valence-electron chi connectivity index (χ4n) is 1.41. The van der Waals surface area contributed by atoms with E-state index in [9.17, 15) is 0 Å². The summed E-state index contributed by atoms with van der Waals surface area (Å²) in [5.74, 6) is 3.97. The molecule has 8 heavy (non-hydrogen) atoms. The zero-order valence-electron chi connectivity index (χ0n) is 5.48. The van der Waals surface area contributed by atoms with E-state index in [4.69, 9.17) is 0 Å².